The van der Waals surface area contributed by atoms with Gasteiger partial charge in [0.15, 0.2) is 0 Å². The molecule has 5 nitrogen and oxygen atoms in total. The molecule has 0 radical (unpaired) electrons. The molecular formula is C12H30O5Si2. The maximum atomic E-state index is 5.85. The molecule has 0 aromatic heterocycles. The van der Waals surface area contributed by atoms with Crippen LogP contribution in [-0.4, -0.2) is 45.5 Å². The van der Waals surface area contributed by atoms with Gasteiger partial charge in [0.2, 0.25) is 0 Å². The van der Waals surface area contributed by atoms with Crippen LogP contribution in [0.3, 0.4) is 0 Å². The van der Waals surface area contributed by atoms with Crippen molar-refractivity contribution in [2.45, 2.75) is 53.4 Å². The predicted octanol–water partition coefficient (Wildman–Crippen LogP) is 2.14. The van der Waals surface area contributed by atoms with Gasteiger partial charge in [-0.15, -0.1) is 0 Å². The van der Waals surface area contributed by atoms with Gasteiger partial charge in [0.05, 0.1) is 0 Å². The van der Waals surface area contributed by atoms with Crippen molar-refractivity contribution in [3.8, 4) is 0 Å². The van der Waals surface area contributed by atoms with E-state index in [4.69, 9.17) is 21.8 Å². The molecule has 19 heavy (non-hydrogen) atoms. The van der Waals surface area contributed by atoms with Crippen molar-refractivity contribution < 1.29 is 21.8 Å². The molecule has 0 spiro atoms. The number of hydrogen-bond donors (Lipinski definition) is 0. The van der Waals surface area contributed by atoms with Crippen LogP contribution >= 0.6 is 0 Å². The van der Waals surface area contributed by atoms with Gasteiger partial charge in [0.1, 0.15) is 0 Å². The van der Waals surface area contributed by atoms with Crippen molar-refractivity contribution in [2.75, 3.05) is 26.4 Å². The normalized spacial score (nSPS) is 11.7. The van der Waals surface area contributed by atoms with Crippen LogP contribution in [-0.2, 0) is 21.8 Å². The van der Waals surface area contributed by atoms with Gasteiger partial charge in [0.25, 0.3) is 0 Å². The van der Waals surface area contributed by atoms with Crippen LogP contribution in [0.25, 0.3) is 0 Å². The summed E-state index contributed by atoms with van der Waals surface area (Å²) in [5.74, 6) is 0. The smallest absolute Gasteiger partial charge is 0.376 e. The van der Waals surface area contributed by atoms with E-state index in [1.165, 1.54) is 0 Å². The SMILES string of the molecule is CCCO[SiH](OCCC)O[SiH](OCCC)OCCC. The quantitative estimate of drug-likeness (QED) is 0.460. The van der Waals surface area contributed by atoms with Crippen LogP contribution in [0.2, 0.25) is 0 Å². The van der Waals surface area contributed by atoms with Gasteiger partial charge in [-0.25, -0.2) is 0 Å². The lowest BCUT2D eigenvalue weighted by molar-refractivity contribution is 0.0831. The summed E-state index contributed by atoms with van der Waals surface area (Å²) in [5.41, 5.74) is 0. The van der Waals surface area contributed by atoms with Gasteiger partial charge in [-0.1, -0.05) is 27.7 Å². The lowest BCUT2D eigenvalue weighted by atomic mass is 10.5. The molecule has 0 aliphatic heterocycles. The maximum absolute atomic E-state index is 5.85. The summed E-state index contributed by atoms with van der Waals surface area (Å²) in [6.07, 6.45) is 3.83. The van der Waals surface area contributed by atoms with Crippen LogP contribution in [0.5, 0.6) is 0 Å². The Morgan fingerprint density at radius 2 is 0.789 bits per heavy atom. The Labute approximate surface area is 121 Å². The Balaban J connectivity index is 4.16. The Kier molecular flexibility index (Phi) is 14.8. The van der Waals surface area contributed by atoms with E-state index in [9.17, 15) is 0 Å². The average molecular weight is 311 g/mol. The van der Waals surface area contributed by atoms with Crippen molar-refractivity contribution in [1.82, 2.24) is 0 Å². The number of hydrogen-bond acceptors (Lipinski definition) is 5. The largest absolute Gasteiger partial charge is 0.476 e. The van der Waals surface area contributed by atoms with Crippen LogP contribution in [0.1, 0.15) is 53.4 Å². The summed E-state index contributed by atoms with van der Waals surface area (Å²) in [5, 5.41) is 0. The summed E-state index contributed by atoms with van der Waals surface area (Å²) < 4.78 is 28.5. The molecule has 0 saturated heterocycles. The van der Waals surface area contributed by atoms with Gasteiger partial charge in [-0.05, 0) is 25.7 Å². The zero-order valence-corrected chi connectivity index (χ0v) is 15.2. The third-order valence-electron chi connectivity index (χ3n) is 2.05. The molecule has 0 aliphatic rings. The van der Waals surface area contributed by atoms with Crippen molar-refractivity contribution in [1.29, 1.82) is 0 Å². The second kappa shape index (κ2) is 14.6. The van der Waals surface area contributed by atoms with Gasteiger partial charge < -0.3 is 21.8 Å². The predicted molar refractivity (Wildman–Crippen MR) is 80.4 cm³/mol. The monoisotopic (exact) mass is 310 g/mol. The van der Waals surface area contributed by atoms with E-state index in [1.54, 1.807) is 0 Å². The molecule has 0 heterocycles. The zero-order chi connectivity index (χ0) is 14.3. The molecule has 0 amide bonds. The highest BCUT2D eigenvalue weighted by molar-refractivity contribution is 6.51. The fourth-order valence-corrected chi connectivity index (χ4v) is 5.09. The molecule has 0 fully saturated rings. The molecular weight excluding hydrogens is 280 g/mol. The van der Waals surface area contributed by atoms with Crippen molar-refractivity contribution in [2.24, 2.45) is 0 Å². The first-order chi connectivity index (χ1) is 9.28. The van der Waals surface area contributed by atoms with Crippen LogP contribution in [0.15, 0.2) is 0 Å². The maximum Gasteiger partial charge on any atom is 0.476 e. The topological polar surface area (TPSA) is 46.2 Å². The van der Waals surface area contributed by atoms with Crippen LogP contribution in [0.4, 0.5) is 0 Å². The van der Waals surface area contributed by atoms with E-state index in [2.05, 4.69) is 27.7 Å². The minimum absolute atomic E-state index is 0.670. The first-order valence-electron chi connectivity index (χ1n) is 7.40. The van der Waals surface area contributed by atoms with Crippen LogP contribution < -0.4 is 0 Å². The lowest BCUT2D eigenvalue weighted by Gasteiger charge is -2.22. The first-order valence-corrected chi connectivity index (χ1v) is 10.2. The van der Waals surface area contributed by atoms with Crippen molar-refractivity contribution in [3.63, 3.8) is 0 Å². The minimum atomic E-state index is -2.10. The van der Waals surface area contributed by atoms with Crippen LogP contribution in [0, 0.1) is 0 Å². The van der Waals surface area contributed by atoms with Gasteiger partial charge >= 0.3 is 19.1 Å². The lowest BCUT2D eigenvalue weighted by Crippen LogP contribution is -2.39. The Bertz CT molecular complexity index is 152. The molecule has 0 atom stereocenters. The summed E-state index contributed by atoms with van der Waals surface area (Å²) in [7, 11) is -4.20. The molecule has 116 valence electrons. The Hall–Kier alpha value is 0.234. The molecule has 0 aliphatic carbocycles. The second-order valence-electron chi connectivity index (χ2n) is 4.20. The van der Waals surface area contributed by atoms with Gasteiger partial charge in [-0.3, -0.25) is 0 Å². The molecule has 0 unspecified atom stereocenters. The molecule has 7 heteroatoms. The standard InChI is InChI=1S/C12H30O5Si2/c1-5-9-13-18(14-10-6-2)17-19(15-11-7-3)16-12-8-4/h18-19H,5-12H2,1-4H3. The highest BCUT2D eigenvalue weighted by Gasteiger charge is 2.25. The molecule has 0 bridgehead atoms. The number of rotatable bonds is 14. The van der Waals surface area contributed by atoms with E-state index in [0.29, 0.717) is 26.4 Å². The zero-order valence-electron chi connectivity index (χ0n) is 12.9. The minimum Gasteiger partial charge on any atom is -0.376 e. The van der Waals surface area contributed by atoms with Crippen molar-refractivity contribution >= 4 is 19.1 Å². The highest BCUT2D eigenvalue weighted by atomic mass is 28.4. The molecule has 0 saturated carbocycles. The fourth-order valence-electron chi connectivity index (χ4n) is 1.20. The van der Waals surface area contributed by atoms with Gasteiger partial charge in [0, 0.05) is 26.4 Å². The summed E-state index contributed by atoms with van der Waals surface area (Å²) in [6.45, 7) is 11.0. The van der Waals surface area contributed by atoms with E-state index < -0.39 is 19.1 Å². The summed E-state index contributed by atoms with van der Waals surface area (Å²) in [4.78, 5) is 0. The summed E-state index contributed by atoms with van der Waals surface area (Å²) >= 11 is 0. The van der Waals surface area contributed by atoms with E-state index >= 15 is 0 Å². The van der Waals surface area contributed by atoms with Crippen molar-refractivity contribution in [3.05, 3.63) is 0 Å². The van der Waals surface area contributed by atoms with E-state index in [0.717, 1.165) is 25.7 Å². The molecule has 0 aromatic rings. The second-order valence-corrected chi connectivity index (χ2v) is 7.77. The van der Waals surface area contributed by atoms with Gasteiger partial charge in [-0.2, -0.15) is 0 Å². The third-order valence-corrected chi connectivity index (χ3v) is 5.86. The van der Waals surface area contributed by atoms with E-state index in [-0.39, 0.29) is 0 Å². The average Bonchev–Trinajstić information content (AvgIpc) is 2.44. The Morgan fingerprint density at radius 1 is 0.526 bits per heavy atom. The highest BCUT2D eigenvalue weighted by Crippen LogP contribution is 2.02. The summed E-state index contributed by atoms with van der Waals surface area (Å²) in [6, 6.07) is 0. The third kappa shape index (κ3) is 11.7. The fraction of sp³-hybridized carbons (Fsp3) is 1.00. The Morgan fingerprint density at radius 3 is 1.00 bits per heavy atom. The molecule has 0 aromatic carbocycles. The van der Waals surface area contributed by atoms with E-state index in [1.807, 2.05) is 0 Å². The molecule has 0 N–H and O–H groups in total. The molecule has 0 rings (SSSR count). The first kappa shape index (κ1) is 19.2.